The summed E-state index contributed by atoms with van der Waals surface area (Å²) in [6.07, 6.45) is 0.258. The standard InChI is InChI=1S/C16H13ClFN3S/c1-10-7-8-13(17)12(15(10)18)9-14-19-20-16(22)21(14)11-5-3-2-4-6-11/h2-8H,9H2,1H3,(H,20,22). The van der Waals surface area contributed by atoms with Gasteiger partial charge in [0.15, 0.2) is 4.77 Å². The Hall–Kier alpha value is -1.98. The van der Waals surface area contributed by atoms with Gasteiger partial charge in [0.25, 0.3) is 0 Å². The van der Waals surface area contributed by atoms with Crippen molar-refractivity contribution >= 4 is 23.8 Å². The SMILES string of the molecule is Cc1ccc(Cl)c(Cc2n[nH]c(=S)n2-c2ccccc2)c1F. The molecule has 1 heterocycles. The maximum absolute atomic E-state index is 14.3. The first-order chi connectivity index (χ1) is 10.6. The van der Waals surface area contributed by atoms with Gasteiger partial charge in [-0.1, -0.05) is 35.9 Å². The molecule has 6 heteroatoms. The molecule has 0 bridgehead atoms. The van der Waals surface area contributed by atoms with E-state index < -0.39 is 0 Å². The van der Waals surface area contributed by atoms with Crippen molar-refractivity contribution in [2.45, 2.75) is 13.3 Å². The minimum atomic E-state index is -0.305. The molecule has 3 nitrogen and oxygen atoms in total. The largest absolute Gasteiger partial charge is 0.272 e. The summed E-state index contributed by atoms with van der Waals surface area (Å²) in [5, 5.41) is 7.37. The summed E-state index contributed by atoms with van der Waals surface area (Å²) in [6.45, 7) is 1.71. The van der Waals surface area contributed by atoms with Crippen LogP contribution in [0.5, 0.6) is 0 Å². The van der Waals surface area contributed by atoms with Crippen LogP contribution in [0.2, 0.25) is 5.02 Å². The van der Waals surface area contributed by atoms with Crippen LogP contribution in [0.15, 0.2) is 42.5 Å². The van der Waals surface area contributed by atoms with Crippen LogP contribution in [-0.4, -0.2) is 14.8 Å². The van der Waals surface area contributed by atoms with Gasteiger partial charge in [-0.3, -0.25) is 9.67 Å². The van der Waals surface area contributed by atoms with Gasteiger partial charge < -0.3 is 0 Å². The molecule has 22 heavy (non-hydrogen) atoms. The van der Waals surface area contributed by atoms with E-state index in [1.54, 1.807) is 23.6 Å². The Morgan fingerprint density at radius 1 is 1.23 bits per heavy atom. The number of hydrogen-bond acceptors (Lipinski definition) is 2. The zero-order chi connectivity index (χ0) is 15.7. The molecule has 1 N–H and O–H groups in total. The number of halogens is 2. The van der Waals surface area contributed by atoms with E-state index in [1.807, 2.05) is 30.3 Å². The lowest BCUT2D eigenvalue weighted by atomic mass is 10.1. The van der Waals surface area contributed by atoms with Crippen LogP contribution in [0, 0.1) is 17.5 Å². The molecular weight excluding hydrogens is 321 g/mol. The number of aromatic nitrogens is 3. The van der Waals surface area contributed by atoms with Crippen LogP contribution in [-0.2, 0) is 6.42 Å². The van der Waals surface area contributed by atoms with E-state index in [4.69, 9.17) is 23.8 Å². The molecule has 0 radical (unpaired) electrons. The number of benzene rings is 2. The fourth-order valence-electron chi connectivity index (χ4n) is 2.33. The minimum absolute atomic E-state index is 0.258. The molecule has 0 aliphatic rings. The van der Waals surface area contributed by atoms with Crippen LogP contribution in [0.3, 0.4) is 0 Å². The number of rotatable bonds is 3. The van der Waals surface area contributed by atoms with Gasteiger partial charge in [-0.05, 0) is 42.9 Å². The Kier molecular flexibility index (Phi) is 4.09. The van der Waals surface area contributed by atoms with Crippen molar-refractivity contribution in [2.75, 3.05) is 0 Å². The molecule has 0 fully saturated rings. The van der Waals surface area contributed by atoms with Crippen molar-refractivity contribution < 1.29 is 4.39 Å². The molecule has 1 aromatic heterocycles. The highest BCUT2D eigenvalue weighted by molar-refractivity contribution is 7.71. The van der Waals surface area contributed by atoms with Gasteiger partial charge in [-0.25, -0.2) is 4.39 Å². The average molecular weight is 334 g/mol. The molecule has 2 aromatic carbocycles. The topological polar surface area (TPSA) is 33.6 Å². The number of nitrogens with one attached hydrogen (secondary N) is 1. The van der Waals surface area contributed by atoms with E-state index in [-0.39, 0.29) is 12.2 Å². The van der Waals surface area contributed by atoms with Gasteiger partial charge in [0, 0.05) is 22.7 Å². The summed E-state index contributed by atoms with van der Waals surface area (Å²) in [5.41, 5.74) is 1.85. The van der Waals surface area contributed by atoms with Crippen LogP contribution in [0.25, 0.3) is 5.69 Å². The van der Waals surface area contributed by atoms with Crippen LogP contribution in [0.4, 0.5) is 4.39 Å². The molecule has 0 saturated carbocycles. The first kappa shape index (κ1) is 14.9. The van der Waals surface area contributed by atoms with Crippen LogP contribution >= 0.6 is 23.8 Å². The Morgan fingerprint density at radius 2 is 1.95 bits per heavy atom. The van der Waals surface area contributed by atoms with Crippen molar-refractivity contribution in [3.05, 3.63) is 75.0 Å². The second-order valence-corrected chi connectivity index (χ2v) is 5.74. The van der Waals surface area contributed by atoms with Gasteiger partial charge in [-0.15, -0.1) is 0 Å². The normalized spacial score (nSPS) is 10.9. The predicted octanol–water partition coefficient (Wildman–Crippen LogP) is 4.62. The molecule has 0 saturated heterocycles. The summed E-state index contributed by atoms with van der Waals surface area (Å²) in [6, 6.07) is 12.9. The summed E-state index contributed by atoms with van der Waals surface area (Å²) in [7, 11) is 0. The average Bonchev–Trinajstić information content (AvgIpc) is 2.89. The molecule has 0 amide bonds. The number of H-pyrrole nitrogens is 1. The quantitative estimate of drug-likeness (QED) is 0.709. The second kappa shape index (κ2) is 6.02. The maximum Gasteiger partial charge on any atom is 0.199 e. The minimum Gasteiger partial charge on any atom is -0.272 e. The monoisotopic (exact) mass is 333 g/mol. The van der Waals surface area contributed by atoms with E-state index in [1.165, 1.54) is 0 Å². The van der Waals surface area contributed by atoms with Crippen LogP contribution in [0.1, 0.15) is 17.0 Å². The third-order valence-corrected chi connectivity index (χ3v) is 4.10. The zero-order valence-electron chi connectivity index (χ0n) is 11.8. The van der Waals surface area contributed by atoms with Gasteiger partial charge in [0.2, 0.25) is 0 Å². The van der Waals surface area contributed by atoms with Crippen molar-refractivity contribution in [3.8, 4) is 5.69 Å². The van der Waals surface area contributed by atoms with Crippen LogP contribution < -0.4 is 0 Å². The first-order valence-electron chi connectivity index (χ1n) is 6.73. The van der Waals surface area contributed by atoms with E-state index >= 15 is 0 Å². The van der Waals surface area contributed by atoms with E-state index in [2.05, 4.69) is 10.2 Å². The van der Waals surface area contributed by atoms with Gasteiger partial charge in [0.05, 0.1) is 0 Å². The third-order valence-electron chi connectivity index (χ3n) is 3.47. The number of aryl methyl sites for hydroxylation is 1. The Labute approximate surface area is 137 Å². The fraction of sp³-hybridized carbons (Fsp3) is 0.125. The van der Waals surface area contributed by atoms with Crippen molar-refractivity contribution in [2.24, 2.45) is 0 Å². The predicted molar refractivity (Wildman–Crippen MR) is 87.7 cm³/mol. The number of nitrogens with zero attached hydrogens (tertiary/aromatic N) is 2. The highest BCUT2D eigenvalue weighted by atomic mass is 35.5. The molecule has 0 aliphatic heterocycles. The molecule has 3 aromatic rings. The molecule has 112 valence electrons. The summed E-state index contributed by atoms with van der Waals surface area (Å²) in [4.78, 5) is 0. The van der Waals surface area contributed by atoms with E-state index in [0.29, 0.717) is 26.7 Å². The van der Waals surface area contributed by atoms with E-state index in [9.17, 15) is 4.39 Å². The smallest absolute Gasteiger partial charge is 0.199 e. The molecule has 0 spiro atoms. The number of para-hydroxylation sites is 1. The molecular formula is C16H13ClFN3S. The molecule has 3 rings (SSSR count). The molecule has 0 unspecified atom stereocenters. The van der Waals surface area contributed by atoms with Gasteiger partial charge >= 0.3 is 0 Å². The second-order valence-electron chi connectivity index (χ2n) is 4.95. The third kappa shape index (κ3) is 2.69. The number of aromatic amines is 1. The lowest BCUT2D eigenvalue weighted by Crippen LogP contribution is -2.05. The van der Waals surface area contributed by atoms with Gasteiger partial charge in [-0.2, -0.15) is 5.10 Å². The molecule has 0 aliphatic carbocycles. The van der Waals surface area contributed by atoms with E-state index in [0.717, 1.165) is 5.69 Å². The first-order valence-corrected chi connectivity index (χ1v) is 7.51. The lowest BCUT2D eigenvalue weighted by molar-refractivity contribution is 0.602. The van der Waals surface area contributed by atoms with Crippen molar-refractivity contribution in [1.82, 2.24) is 14.8 Å². The number of hydrogen-bond donors (Lipinski definition) is 1. The van der Waals surface area contributed by atoms with Gasteiger partial charge in [0.1, 0.15) is 11.6 Å². The lowest BCUT2D eigenvalue weighted by Gasteiger charge is -2.10. The van der Waals surface area contributed by atoms with Crippen molar-refractivity contribution in [1.29, 1.82) is 0 Å². The summed E-state index contributed by atoms with van der Waals surface area (Å²) < 4.78 is 16.6. The Balaban J connectivity index is 2.09. The Morgan fingerprint density at radius 3 is 2.68 bits per heavy atom. The fourth-order valence-corrected chi connectivity index (χ4v) is 2.80. The Bertz CT molecular complexity index is 871. The summed E-state index contributed by atoms with van der Waals surface area (Å²) in [5.74, 6) is 0.309. The zero-order valence-corrected chi connectivity index (χ0v) is 13.4. The highest BCUT2D eigenvalue weighted by Gasteiger charge is 2.15. The molecule has 0 atom stereocenters. The highest BCUT2D eigenvalue weighted by Crippen LogP contribution is 2.25. The van der Waals surface area contributed by atoms with Crippen molar-refractivity contribution in [3.63, 3.8) is 0 Å². The summed E-state index contributed by atoms with van der Waals surface area (Å²) >= 11 is 11.4. The maximum atomic E-state index is 14.3.